The van der Waals surface area contributed by atoms with E-state index in [-0.39, 0.29) is 30.8 Å². The molecule has 6 heteroatoms. The number of nitrogens with zero attached hydrogens (tertiary/aromatic N) is 1. The van der Waals surface area contributed by atoms with Crippen molar-refractivity contribution in [2.75, 3.05) is 13.1 Å². The number of carbonyl (C=O) groups is 3. The van der Waals surface area contributed by atoms with E-state index in [1.165, 1.54) is 18.7 Å². The van der Waals surface area contributed by atoms with E-state index in [9.17, 15) is 14.4 Å². The second-order valence-electron chi connectivity index (χ2n) is 5.01. The van der Waals surface area contributed by atoms with Gasteiger partial charge in [-0.25, -0.2) is 4.79 Å². The van der Waals surface area contributed by atoms with Crippen LogP contribution in [0.2, 0.25) is 0 Å². The number of nitrogens with one attached hydrogen (secondary N) is 1. The van der Waals surface area contributed by atoms with E-state index in [0.29, 0.717) is 6.42 Å². The molecular formula is C14H22N2O4. The lowest BCUT2D eigenvalue weighted by Crippen LogP contribution is -2.49. The number of carboxylic acids is 1. The fourth-order valence-electron chi connectivity index (χ4n) is 2.23. The summed E-state index contributed by atoms with van der Waals surface area (Å²) in [4.78, 5) is 35.8. The molecule has 2 N–H and O–H groups in total. The second kappa shape index (κ2) is 7.67. The summed E-state index contributed by atoms with van der Waals surface area (Å²) in [7, 11) is 0. The molecule has 0 aromatic rings. The Morgan fingerprint density at radius 2 is 2.10 bits per heavy atom. The summed E-state index contributed by atoms with van der Waals surface area (Å²) in [6.07, 6.45) is 6.24. The smallest absolute Gasteiger partial charge is 0.326 e. The van der Waals surface area contributed by atoms with Crippen molar-refractivity contribution in [3.05, 3.63) is 12.2 Å². The third-order valence-corrected chi connectivity index (χ3v) is 3.45. The summed E-state index contributed by atoms with van der Waals surface area (Å²) in [6, 6.07) is -0.887. The summed E-state index contributed by atoms with van der Waals surface area (Å²) in [5, 5.41) is 11.7. The normalized spacial score (nSPS) is 19.2. The van der Waals surface area contributed by atoms with Crippen LogP contribution in [0.1, 0.15) is 33.1 Å². The van der Waals surface area contributed by atoms with Crippen molar-refractivity contribution in [2.45, 2.75) is 39.2 Å². The first-order valence-corrected chi connectivity index (χ1v) is 6.86. The zero-order valence-corrected chi connectivity index (χ0v) is 12.0. The molecule has 1 rings (SSSR count). The molecule has 0 radical (unpaired) electrons. The highest BCUT2D eigenvalue weighted by Gasteiger charge is 2.30. The van der Waals surface area contributed by atoms with Crippen molar-refractivity contribution in [1.29, 1.82) is 0 Å². The molecule has 2 atom stereocenters. The van der Waals surface area contributed by atoms with Crippen molar-refractivity contribution in [1.82, 2.24) is 10.2 Å². The Balaban J connectivity index is 2.69. The van der Waals surface area contributed by atoms with E-state index < -0.39 is 12.0 Å². The first-order chi connectivity index (χ1) is 9.43. The standard InChI is InChI=1S/C14H22N2O4/c1-10(14(19)20)16(9-8-15-11(2)17)13(18)12-6-4-3-5-7-12/h3-4,10,12H,5-9H2,1-2H3,(H,15,17)(H,19,20). The van der Waals surface area contributed by atoms with Crippen molar-refractivity contribution >= 4 is 17.8 Å². The van der Waals surface area contributed by atoms with Gasteiger partial charge in [0.15, 0.2) is 0 Å². The minimum absolute atomic E-state index is 0.144. The molecule has 0 spiro atoms. The number of allylic oxidation sites excluding steroid dienone is 2. The molecule has 0 aliphatic heterocycles. The zero-order valence-electron chi connectivity index (χ0n) is 12.0. The zero-order chi connectivity index (χ0) is 15.1. The summed E-state index contributed by atoms with van der Waals surface area (Å²) in [6.45, 7) is 3.36. The molecule has 0 aromatic heterocycles. The fourth-order valence-corrected chi connectivity index (χ4v) is 2.23. The van der Waals surface area contributed by atoms with Crippen LogP contribution in [-0.4, -0.2) is 46.9 Å². The van der Waals surface area contributed by atoms with Gasteiger partial charge >= 0.3 is 5.97 Å². The highest BCUT2D eigenvalue weighted by molar-refractivity contribution is 5.85. The third-order valence-electron chi connectivity index (χ3n) is 3.45. The van der Waals surface area contributed by atoms with Crippen LogP contribution in [0.3, 0.4) is 0 Å². The molecule has 0 saturated carbocycles. The summed E-state index contributed by atoms with van der Waals surface area (Å²) in [5.74, 6) is -1.53. The van der Waals surface area contributed by atoms with Crippen LogP contribution >= 0.6 is 0 Å². The van der Waals surface area contributed by atoms with Crippen LogP contribution in [0.5, 0.6) is 0 Å². The average Bonchev–Trinajstić information content (AvgIpc) is 2.43. The Hall–Kier alpha value is -1.85. The maximum absolute atomic E-state index is 12.4. The minimum atomic E-state index is -1.03. The van der Waals surface area contributed by atoms with Crippen LogP contribution in [0.15, 0.2) is 12.2 Å². The molecule has 0 aromatic carbocycles. The lowest BCUT2D eigenvalue weighted by molar-refractivity contribution is -0.151. The molecule has 20 heavy (non-hydrogen) atoms. The maximum Gasteiger partial charge on any atom is 0.326 e. The van der Waals surface area contributed by atoms with E-state index in [2.05, 4.69) is 5.32 Å². The number of aliphatic carboxylic acids is 1. The van der Waals surface area contributed by atoms with Gasteiger partial charge in [0.05, 0.1) is 0 Å². The number of hydrogen-bond donors (Lipinski definition) is 2. The predicted octanol–water partition coefficient (Wildman–Crippen LogP) is 0.780. The van der Waals surface area contributed by atoms with Gasteiger partial charge in [-0.15, -0.1) is 0 Å². The number of amides is 2. The highest BCUT2D eigenvalue weighted by Crippen LogP contribution is 2.21. The molecule has 0 fully saturated rings. The topological polar surface area (TPSA) is 86.7 Å². The average molecular weight is 282 g/mol. The van der Waals surface area contributed by atoms with Crippen LogP contribution < -0.4 is 5.32 Å². The molecule has 2 unspecified atom stereocenters. The van der Waals surface area contributed by atoms with Crippen molar-refractivity contribution < 1.29 is 19.5 Å². The van der Waals surface area contributed by atoms with Gasteiger partial charge < -0.3 is 15.3 Å². The van der Waals surface area contributed by atoms with E-state index >= 15 is 0 Å². The second-order valence-corrected chi connectivity index (χ2v) is 5.01. The number of carbonyl (C=O) groups excluding carboxylic acids is 2. The SMILES string of the molecule is CC(=O)NCCN(C(=O)C1CC=CCC1)C(C)C(=O)O. The van der Waals surface area contributed by atoms with Crippen LogP contribution in [0.4, 0.5) is 0 Å². The Bertz CT molecular complexity index is 406. The van der Waals surface area contributed by atoms with E-state index in [1.54, 1.807) is 0 Å². The first kappa shape index (κ1) is 16.2. The quantitative estimate of drug-likeness (QED) is 0.705. The minimum Gasteiger partial charge on any atom is -0.480 e. The van der Waals surface area contributed by atoms with Crippen molar-refractivity contribution in [3.8, 4) is 0 Å². The van der Waals surface area contributed by atoms with E-state index in [4.69, 9.17) is 5.11 Å². The van der Waals surface area contributed by atoms with E-state index in [1.807, 2.05) is 12.2 Å². The highest BCUT2D eigenvalue weighted by atomic mass is 16.4. The van der Waals surface area contributed by atoms with Crippen molar-refractivity contribution in [2.24, 2.45) is 5.92 Å². The summed E-state index contributed by atoms with van der Waals surface area (Å²) < 4.78 is 0. The molecule has 0 saturated heterocycles. The van der Waals surface area contributed by atoms with Gasteiger partial charge in [-0.1, -0.05) is 12.2 Å². The monoisotopic (exact) mass is 282 g/mol. The lowest BCUT2D eigenvalue weighted by Gasteiger charge is -2.31. The van der Waals surface area contributed by atoms with Gasteiger partial charge in [-0.05, 0) is 26.2 Å². The molecule has 1 aliphatic rings. The summed E-state index contributed by atoms with van der Waals surface area (Å²) >= 11 is 0. The molecule has 2 amide bonds. The van der Waals surface area contributed by atoms with Gasteiger partial charge in [-0.3, -0.25) is 9.59 Å². The largest absolute Gasteiger partial charge is 0.480 e. The van der Waals surface area contributed by atoms with Crippen LogP contribution in [0.25, 0.3) is 0 Å². The number of rotatable bonds is 6. The molecule has 0 bridgehead atoms. The molecule has 1 aliphatic carbocycles. The van der Waals surface area contributed by atoms with Crippen LogP contribution in [-0.2, 0) is 14.4 Å². The van der Waals surface area contributed by atoms with Gasteiger partial charge in [0.1, 0.15) is 6.04 Å². The number of hydrogen-bond acceptors (Lipinski definition) is 3. The van der Waals surface area contributed by atoms with Gasteiger partial charge in [0.25, 0.3) is 0 Å². The lowest BCUT2D eigenvalue weighted by atomic mass is 9.92. The molecule has 6 nitrogen and oxygen atoms in total. The molecule has 112 valence electrons. The number of carboxylic acid groups (broad SMARTS) is 1. The van der Waals surface area contributed by atoms with E-state index in [0.717, 1.165) is 12.8 Å². The molecular weight excluding hydrogens is 260 g/mol. The van der Waals surface area contributed by atoms with Gasteiger partial charge in [0, 0.05) is 25.9 Å². The fraction of sp³-hybridized carbons (Fsp3) is 0.643. The van der Waals surface area contributed by atoms with Gasteiger partial charge in [-0.2, -0.15) is 0 Å². The third kappa shape index (κ3) is 4.68. The Morgan fingerprint density at radius 3 is 2.60 bits per heavy atom. The Kier molecular flexibility index (Phi) is 6.21. The first-order valence-electron chi connectivity index (χ1n) is 6.86. The van der Waals surface area contributed by atoms with Gasteiger partial charge in [0.2, 0.25) is 11.8 Å². The predicted molar refractivity (Wildman–Crippen MR) is 74.0 cm³/mol. The Labute approximate surface area is 118 Å². The van der Waals surface area contributed by atoms with Crippen LogP contribution in [0, 0.1) is 5.92 Å². The van der Waals surface area contributed by atoms with Crippen molar-refractivity contribution in [3.63, 3.8) is 0 Å². The Morgan fingerprint density at radius 1 is 1.40 bits per heavy atom. The summed E-state index contributed by atoms with van der Waals surface area (Å²) in [5.41, 5.74) is 0. The molecule has 0 heterocycles. The maximum atomic E-state index is 12.4.